The van der Waals surface area contributed by atoms with Crippen LogP contribution in [-0.4, -0.2) is 34.4 Å². The minimum atomic E-state index is -1.20. The Bertz CT molecular complexity index is 824. The summed E-state index contributed by atoms with van der Waals surface area (Å²) in [6.07, 6.45) is -2.59. The molecular formula is C17H17NO4. The average molecular weight is 299 g/mol. The number of aromatic amines is 1. The topological polar surface area (TPSA) is 82.6 Å². The Hall–Kier alpha value is -2.37. The Labute approximate surface area is 127 Å². The molecule has 0 aliphatic heterocycles. The van der Waals surface area contributed by atoms with E-state index in [-0.39, 0.29) is 6.42 Å². The second kappa shape index (κ2) is 5.79. The molecule has 0 fully saturated rings. The van der Waals surface area contributed by atoms with Gasteiger partial charge in [-0.1, -0.05) is 24.3 Å². The van der Waals surface area contributed by atoms with Gasteiger partial charge in [-0.25, -0.2) is 0 Å². The number of H-pyrrole nitrogens is 1. The van der Waals surface area contributed by atoms with E-state index in [4.69, 9.17) is 0 Å². The smallest absolute Gasteiger partial charge is 0.308 e. The van der Waals surface area contributed by atoms with Crippen molar-refractivity contribution in [3.8, 4) is 0 Å². The van der Waals surface area contributed by atoms with Crippen molar-refractivity contribution in [2.24, 2.45) is 0 Å². The van der Waals surface area contributed by atoms with Gasteiger partial charge in [0.1, 0.15) is 6.10 Å². The maximum absolute atomic E-state index is 11.2. The van der Waals surface area contributed by atoms with Crippen LogP contribution in [0.2, 0.25) is 0 Å². The van der Waals surface area contributed by atoms with Crippen LogP contribution in [-0.2, 0) is 9.53 Å². The van der Waals surface area contributed by atoms with Crippen molar-refractivity contribution in [1.29, 1.82) is 0 Å². The number of hydrogen-bond acceptors (Lipinski definition) is 4. The van der Waals surface area contributed by atoms with Gasteiger partial charge in [0.25, 0.3) is 0 Å². The summed E-state index contributed by atoms with van der Waals surface area (Å²) in [6.45, 7) is 0. The molecule has 2 aromatic carbocycles. The first-order valence-corrected chi connectivity index (χ1v) is 7.03. The lowest BCUT2D eigenvalue weighted by Crippen LogP contribution is -2.22. The van der Waals surface area contributed by atoms with Gasteiger partial charge in [0.2, 0.25) is 0 Å². The van der Waals surface area contributed by atoms with Crippen LogP contribution < -0.4 is 0 Å². The molecule has 0 aliphatic rings. The van der Waals surface area contributed by atoms with Gasteiger partial charge in [-0.05, 0) is 23.8 Å². The molecule has 114 valence electrons. The first-order valence-electron chi connectivity index (χ1n) is 7.03. The van der Waals surface area contributed by atoms with Crippen molar-refractivity contribution in [1.82, 2.24) is 4.98 Å². The second-order valence-electron chi connectivity index (χ2n) is 5.27. The summed E-state index contributed by atoms with van der Waals surface area (Å²) in [6, 6.07) is 13.3. The van der Waals surface area contributed by atoms with Gasteiger partial charge in [0.05, 0.1) is 19.6 Å². The summed E-state index contributed by atoms with van der Waals surface area (Å²) in [5, 5.41) is 22.2. The van der Waals surface area contributed by atoms with E-state index in [1.807, 2.05) is 36.4 Å². The van der Waals surface area contributed by atoms with Gasteiger partial charge in [0, 0.05) is 21.8 Å². The SMILES string of the molecule is COC(=O)CC(O)C(O)c1ccc2[nH]c3ccccc3c2c1. The number of ether oxygens (including phenoxy) is 1. The average Bonchev–Trinajstić information content (AvgIpc) is 2.91. The quantitative estimate of drug-likeness (QED) is 0.645. The molecule has 1 heterocycles. The fourth-order valence-electron chi connectivity index (χ4n) is 2.64. The zero-order valence-corrected chi connectivity index (χ0v) is 12.1. The van der Waals surface area contributed by atoms with Crippen LogP contribution in [0.4, 0.5) is 0 Å². The van der Waals surface area contributed by atoms with E-state index >= 15 is 0 Å². The first-order chi connectivity index (χ1) is 10.6. The molecule has 3 rings (SSSR count). The zero-order chi connectivity index (χ0) is 15.7. The molecule has 0 saturated carbocycles. The summed E-state index contributed by atoms with van der Waals surface area (Å²) in [5.74, 6) is -0.556. The van der Waals surface area contributed by atoms with Crippen molar-refractivity contribution in [2.45, 2.75) is 18.6 Å². The van der Waals surface area contributed by atoms with Crippen molar-refractivity contribution in [3.05, 3.63) is 48.0 Å². The summed E-state index contributed by atoms with van der Waals surface area (Å²) < 4.78 is 4.51. The number of carbonyl (C=O) groups is 1. The molecule has 2 atom stereocenters. The maximum Gasteiger partial charge on any atom is 0.308 e. The number of aliphatic hydroxyl groups is 2. The van der Waals surface area contributed by atoms with Crippen LogP contribution in [0.15, 0.2) is 42.5 Å². The fourth-order valence-corrected chi connectivity index (χ4v) is 2.64. The molecule has 2 unspecified atom stereocenters. The van der Waals surface area contributed by atoms with E-state index in [0.29, 0.717) is 5.56 Å². The molecule has 1 aromatic heterocycles. The number of aromatic nitrogens is 1. The van der Waals surface area contributed by atoms with Gasteiger partial charge >= 0.3 is 5.97 Å². The molecule has 22 heavy (non-hydrogen) atoms. The van der Waals surface area contributed by atoms with Crippen LogP contribution in [0.5, 0.6) is 0 Å². The van der Waals surface area contributed by atoms with E-state index in [9.17, 15) is 15.0 Å². The number of hydrogen-bond donors (Lipinski definition) is 3. The number of esters is 1. The van der Waals surface area contributed by atoms with E-state index in [2.05, 4.69) is 9.72 Å². The highest BCUT2D eigenvalue weighted by atomic mass is 16.5. The molecule has 0 spiro atoms. The lowest BCUT2D eigenvalue weighted by atomic mass is 10.00. The largest absolute Gasteiger partial charge is 0.469 e. The molecule has 0 radical (unpaired) electrons. The number of nitrogens with one attached hydrogen (secondary N) is 1. The molecule has 0 saturated heterocycles. The number of fused-ring (bicyclic) bond motifs is 3. The van der Waals surface area contributed by atoms with Crippen LogP contribution in [0.3, 0.4) is 0 Å². The van der Waals surface area contributed by atoms with Crippen LogP contribution in [0.25, 0.3) is 21.8 Å². The Morgan fingerprint density at radius 2 is 1.86 bits per heavy atom. The third kappa shape index (κ3) is 2.56. The Kier molecular flexibility index (Phi) is 3.83. The van der Waals surface area contributed by atoms with Crippen molar-refractivity contribution in [2.75, 3.05) is 7.11 Å². The predicted molar refractivity (Wildman–Crippen MR) is 83.4 cm³/mol. The summed E-state index contributed by atoms with van der Waals surface area (Å²) in [4.78, 5) is 14.5. The molecule has 3 N–H and O–H groups in total. The van der Waals surface area contributed by atoms with Gasteiger partial charge in [-0.3, -0.25) is 4.79 Å². The number of para-hydroxylation sites is 1. The van der Waals surface area contributed by atoms with Gasteiger partial charge in [-0.2, -0.15) is 0 Å². The minimum absolute atomic E-state index is 0.246. The Morgan fingerprint density at radius 3 is 2.64 bits per heavy atom. The zero-order valence-electron chi connectivity index (χ0n) is 12.1. The fraction of sp³-hybridized carbons (Fsp3) is 0.235. The van der Waals surface area contributed by atoms with E-state index in [1.54, 1.807) is 6.07 Å². The third-order valence-electron chi connectivity index (χ3n) is 3.84. The maximum atomic E-state index is 11.2. The van der Waals surface area contributed by atoms with Crippen LogP contribution in [0.1, 0.15) is 18.1 Å². The predicted octanol–water partition coefficient (Wildman–Crippen LogP) is 2.28. The van der Waals surface area contributed by atoms with Gasteiger partial charge in [-0.15, -0.1) is 0 Å². The first kappa shape index (κ1) is 14.6. The highest BCUT2D eigenvalue weighted by Gasteiger charge is 2.22. The number of benzene rings is 2. The van der Waals surface area contributed by atoms with Crippen LogP contribution >= 0.6 is 0 Å². The van der Waals surface area contributed by atoms with Gasteiger partial charge < -0.3 is 19.9 Å². The number of aliphatic hydroxyl groups excluding tert-OH is 2. The lowest BCUT2D eigenvalue weighted by Gasteiger charge is -2.17. The lowest BCUT2D eigenvalue weighted by molar-refractivity contribution is -0.144. The second-order valence-corrected chi connectivity index (χ2v) is 5.27. The molecule has 0 amide bonds. The molecule has 0 aliphatic carbocycles. The molecule has 0 bridgehead atoms. The molecule has 5 heteroatoms. The Balaban J connectivity index is 1.97. The third-order valence-corrected chi connectivity index (χ3v) is 3.84. The highest BCUT2D eigenvalue weighted by Crippen LogP contribution is 2.29. The number of rotatable bonds is 4. The normalized spacial score (nSPS) is 14.1. The van der Waals surface area contributed by atoms with E-state index < -0.39 is 18.2 Å². The van der Waals surface area contributed by atoms with Crippen LogP contribution in [0, 0.1) is 0 Å². The highest BCUT2D eigenvalue weighted by molar-refractivity contribution is 6.07. The monoisotopic (exact) mass is 299 g/mol. The van der Waals surface area contributed by atoms with Crippen molar-refractivity contribution < 1.29 is 19.7 Å². The Morgan fingerprint density at radius 1 is 1.14 bits per heavy atom. The van der Waals surface area contributed by atoms with E-state index in [1.165, 1.54) is 7.11 Å². The summed E-state index contributed by atoms with van der Waals surface area (Å²) in [5.41, 5.74) is 2.53. The minimum Gasteiger partial charge on any atom is -0.469 e. The summed E-state index contributed by atoms with van der Waals surface area (Å²) >= 11 is 0. The number of carbonyl (C=O) groups excluding carboxylic acids is 1. The molecule has 3 aromatic rings. The van der Waals surface area contributed by atoms with Gasteiger partial charge in [0.15, 0.2) is 0 Å². The standard InChI is InChI=1S/C17H17NO4/c1-22-16(20)9-15(19)17(21)10-6-7-14-12(8-10)11-4-2-3-5-13(11)18-14/h2-8,15,17-19,21H,9H2,1H3. The van der Waals surface area contributed by atoms with E-state index in [0.717, 1.165) is 21.8 Å². The van der Waals surface area contributed by atoms with Crippen molar-refractivity contribution in [3.63, 3.8) is 0 Å². The summed E-state index contributed by atoms with van der Waals surface area (Å²) in [7, 11) is 1.25. The van der Waals surface area contributed by atoms with Crippen molar-refractivity contribution >= 4 is 27.8 Å². The molecular weight excluding hydrogens is 282 g/mol. The molecule has 5 nitrogen and oxygen atoms in total. The number of methoxy groups -OCH3 is 1.